The van der Waals surface area contributed by atoms with Gasteiger partial charge in [0.15, 0.2) is 0 Å². The molecule has 1 aromatic rings. The van der Waals surface area contributed by atoms with Crippen molar-refractivity contribution in [1.29, 1.82) is 0 Å². The number of anilines is 1. The van der Waals surface area contributed by atoms with Gasteiger partial charge in [-0.15, -0.1) is 0 Å². The highest BCUT2D eigenvalue weighted by Crippen LogP contribution is 2.40. The van der Waals surface area contributed by atoms with Crippen LogP contribution in [0.4, 0.5) is 5.69 Å². The van der Waals surface area contributed by atoms with E-state index in [1.807, 2.05) is 47.2 Å². The topological polar surface area (TPSA) is 67.4 Å². The maximum absolute atomic E-state index is 14.1. The average molecular weight is 540 g/mol. The zero-order chi connectivity index (χ0) is 28.4. The highest BCUT2D eigenvalue weighted by molar-refractivity contribution is 5.96. The highest BCUT2D eigenvalue weighted by atomic mass is 16.2. The van der Waals surface area contributed by atoms with Crippen LogP contribution in [0.1, 0.15) is 66.2 Å². The molecule has 4 rings (SSSR count). The molecule has 1 aromatic carbocycles. The van der Waals surface area contributed by atoms with E-state index in [2.05, 4.69) is 44.5 Å². The van der Waals surface area contributed by atoms with Crippen LogP contribution < -0.4 is 4.90 Å². The predicted molar refractivity (Wildman–Crippen MR) is 155 cm³/mol. The normalized spacial score (nSPS) is 21.5. The van der Waals surface area contributed by atoms with Gasteiger partial charge < -0.3 is 24.5 Å². The molecule has 3 heterocycles. The van der Waals surface area contributed by atoms with E-state index >= 15 is 0 Å². The Morgan fingerprint density at radius 2 is 1.67 bits per heavy atom. The summed E-state index contributed by atoms with van der Waals surface area (Å²) in [5, 5.41) is 0. The quantitative estimate of drug-likeness (QED) is 0.529. The molecule has 3 aliphatic heterocycles. The van der Waals surface area contributed by atoms with Crippen molar-refractivity contribution >= 4 is 23.4 Å². The number of benzene rings is 1. The van der Waals surface area contributed by atoms with Crippen molar-refractivity contribution in [3.05, 3.63) is 30.3 Å². The molecule has 8 heteroatoms. The first kappa shape index (κ1) is 29.4. The number of hydrogen-bond donors (Lipinski definition) is 0. The van der Waals surface area contributed by atoms with E-state index in [0.717, 1.165) is 38.0 Å². The number of para-hydroxylation sites is 1. The van der Waals surface area contributed by atoms with Crippen molar-refractivity contribution in [2.75, 3.05) is 58.4 Å². The van der Waals surface area contributed by atoms with E-state index in [1.165, 1.54) is 0 Å². The Morgan fingerprint density at radius 1 is 1.05 bits per heavy atom. The van der Waals surface area contributed by atoms with Crippen molar-refractivity contribution in [3.63, 3.8) is 0 Å². The number of likely N-dealkylation sites (N-methyl/N-ethyl adjacent to an activating group) is 1. The van der Waals surface area contributed by atoms with Gasteiger partial charge in [0.2, 0.25) is 11.8 Å². The lowest BCUT2D eigenvalue weighted by Crippen LogP contribution is -2.57. The number of hydrogen-bond acceptors (Lipinski definition) is 5. The Kier molecular flexibility index (Phi) is 8.94. The molecule has 3 fully saturated rings. The monoisotopic (exact) mass is 539 g/mol. The Labute approximate surface area is 235 Å². The molecule has 1 spiro atoms. The van der Waals surface area contributed by atoms with E-state index < -0.39 is 5.54 Å². The third-order valence-electron chi connectivity index (χ3n) is 8.96. The first-order valence-electron chi connectivity index (χ1n) is 14.7. The Hall–Kier alpha value is -2.61. The van der Waals surface area contributed by atoms with Crippen LogP contribution in [0.5, 0.6) is 0 Å². The van der Waals surface area contributed by atoms with Crippen molar-refractivity contribution in [2.24, 2.45) is 11.3 Å². The van der Waals surface area contributed by atoms with Crippen LogP contribution in [0.15, 0.2) is 30.3 Å². The second-order valence-corrected chi connectivity index (χ2v) is 13.4. The zero-order valence-corrected chi connectivity index (χ0v) is 25.0. The molecule has 0 aromatic heterocycles. The molecule has 216 valence electrons. The lowest BCUT2D eigenvalue weighted by molar-refractivity contribution is -0.143. The minimum Gasteiger partial charge on any atom is -0.342 e. The summed E-state index contributed by atoms with van der Waals surface area (Å²) in [6, 6.07) is 10.3. The summed E-state index contributed by atoms with van der Waals surface area (Å²) in [4.78, 5) is 50.6. The van der Waals surface area contributed by atoms with Crippen LogP contribution >= 0.6 is 0 Å². The fourth-order valence-electron chi connectivity index (χ4n) is 6.85. The largest absolute Gasteiger partial charge is 0.342 e. The number of piperidine rings is 2. The van der Waals surface area contributed by atoms with Gasteiger partial charge in [0.1, 0.15) is 12.1 Å². The number of rotatable bonds is 7. The summed E-state index contributed by atoms with van der Waals surface area (Å²) in [5.74, 6) is 0.531. The summed E-state index contributed by atoms with van der Waals surface area (Å²) >= 11 is 0. The maximum Gasteiger partial charge on any atom is 0.250 e. The maximum atomic E-state index is 14.1. The summed E-state index contributed by atoms with van der Waals surface area (Å²) in [7, 11) is 4.00. The fourth-order valence-corrected chi connectivity index (χ4v) is 6.85. The van der Waals surface area contributed by atoms with Gasteiger partial charge in [-0.05, 0) is 75.7 Å². The SMILES string of the molecule is CC(CC(=O)N1CCC2(CC1)C(=O)N(CC(=O)N(C)C1CCN(C)CC1)CN2c1ccccc1)CC(C)(C)C. The molecule has 1 atom stereocenters. The first-order chi connectivity index (χ1) is 18.4. The fraction of sp³-hybridized carbons (Fsp3) is 0.710. The summed E-state index contributed by atoms with van der Waals surface area (Å²) < 4.78 is 0. The summed E-state index contributed by atoms with van der Waals surface area (Å²) in [5.41, 5.74) is 0.463. The molecule has 0 bridgehead atoms. The molecule has 0 N–H and O–H groups in total. The molecule has 0 aliphatic carbocycles. The number of nitrogens with zero attached hydrogens (tertiary/aromatic N) is 5. The molecule has 8 nitrogen and oxygen atoms in total. The lowest BCUT2D eigenvalue weighted by Gasteiger charge is -2.43. The average Bonchev–Trinajstić information content (AvgIpc) is 3.14. The van der Waals surface area contributed by atoms with Crippen molar-refractivity contribution < 1.29 is 14.4 Å². The molecular formula is C31H49N5O3. The number of carbonyl (C=O) groups excluding carboxylic acids is 3. The molecule has 3 amide bonds. The second-order valence-electron chi connectivity index (χ2n) is 13.4. The summed E-state index contributed by atoms with van der Waals surface area (Å²) in [6.07, 6.45) is 4.64. The van der Waals surface area contributed by atoms with Gasteiger partial charge in [0.25, 0.3) is 5.91 Å². The van der Waals surface area contributed by atoms with Crippen molar-refractivity contribution in [3.8, 4) is 0 Å². The van der Waals surface area contributed by atoms with Gasteiger partial charge in [-0.25, -0.2) is 0 Å². The van der Waals surface area contributed by atoms with Gasteiger partial charge in [-0.2, -0.15) is 0 Å². The van der Waals surface area contributed by atoms with Crippen LogP contribution in [-0.4, -0.2) is 102 Å². The Balaban J connectivity index is 1.44. The van der Waals surface area contributed by atoms with Crippen LogP contribution in [0, 0.1) is 11.3 Å². The van der Waals surface area contributed by atoms with E-state index in [1.54, 1.807) is 4.90 Å². The molecule has 1 unspecified atom stereocenters. The molecule has 0 radical (unpaired) electrons. The Morgan fingerprint density at radius 3 is 2.26 bits per heavy atom. The van der Waals surface area contributed by atoms with Crippen molar-refractivity contribution in [2.45, 2.75) is 77.8 Å². The van der Waals surface area contributed by atoms with Gasteiger partial charge in [-0.3, -0.25) is 14.4 Å². The summed E-state index contributed by atoms with van der Waals surface area (Å²) in [6.45, 7) is 12.4. The molecule has 39 heavy (non-hydrogen) atoms. The minimum atomic E-state index is -0.721. The van der Waals surface area contributed by atoms with Crippen LogP contribution in [0.3, 0.4) is 0 Å². The van der Waals surface area contributed by atoms with E-state index in [4.69, 9.17) is 0 Å². The molecular weight excluding hydrogens is 490 g/mol. The second kappa shape index (κ2) is 11.9. The number of amides is 3. The van der Waals surface area contributed by atoms with Gasteiger partial charge >= 0.3 is 0 Å². The smallest absolute Gasteiger partial charge is 0.250 e. The van der Waals surface area contributed by atoms with Crippen LogP contribution in [0.25, 0.3) is 0 Å². The van der Waals surface area contributed by atoms with Gasteiger partial charge in [-0.1, -0.05) is 45.9 Å². The predicted octanol–water partition coefficient (Wildman–Crippen LogP) is 3.67. The standard InChI is InChI=1S/C31H49N5O3/c1-24(21-30(2,3)4)20-27(37)34-18-14-31(15-19-34)29(39)35(23-36(31)26-10-8-7-9-11-26)22-28(38)33(6)25-12-16-32(5)17-13-25/h7-11,24-25H,12-23H2,1-6H3. The van der Waals surface area contributed by atoms with E-state index in [0.29, 0.717) is 44.9 Å². The van der Waals surface area contributed by atoms with E-state index in [-0.39, 0.29) is 35.7 Å². The first-order valence-corrected chi connectivity index (χ1v) is 14.7. The lowest BCUT2D eigenvalue weighted by atomic mass is 9.83. The van der Waals surface area contributed by atoms with Crippen molar-refractivity contribution in [1.82, 2.24) is 19.6 Å². The zero-order valence-electron chi connectivity index (χ0n) is 25.0. The number of likely N-dealkylation sites (tertiary alicyclic amines) is 2. The molecule has 3 saturated heterocycles. The van der Waals surface area contributed by atoms with Crippen LogP contribution in [0.2, 0.25) is 0 Å². The molecule has 3 aliphatic rings. The van der Waals surface area contributed by atoms with Gasteiger partial charge in [0, 0.05) is 38.3 Å². The highest BCUT2D eigenvalue weighted by Gasteiger charge is 2.54. The third kappa shape index (κ3) is 6.76. The van der Waals surface area contributed by atoms with Crippen LogP contribution in [-0.2, 0) is 14.4 Å². The van der Waals surface area contributed by atoms with Gasteiger partial charge in [0.05, 0.1) is 6.67 Å². The minimum absolute atomic E-state index is 0.00316. The molecule has 0 saturated carbocycles. The number of carbonyl (C=O) groups is 3. The van der Waals surface area contributed by atoms with E-state index in [9.17, 15) is 14.4 Å². The third-order valence-corrected chi connectivity index (χ3v) is 8.96. The Bertz CT molecular complexity index is 1010.